The van der Waals surface area contributed by atoms with Crippen LogP contribution in [0.4, 0.5) is 13.2 Å². The van der Waals surface area contributed by atoms with Crippen molar-refractivity contribution in [3.8, 4) is 0 Å². The fraction of sp³-hybridized carbons (Fsp3) is 0.667. The Balaban J connectivity index is 2.53. The van der Waals surface area contributed by atoms with Crippen LogP contribution < -0.4 is 0 Å². The fourth-order valence-electron chi connectivity index (χ4n) is 1.58. The van der Waals surface area contributed by atoms with Crippen molar-refractivity contribution in [2.75, 3.05) is 13.1 Å². The molecule has 0 aromatic heterocycles. The van der Waals surface area contributed by atoms with Crippen LogP contribution in [0.3, 0.4) is 0 Å². The van der Waals surface area contributed by atoms with Gasteiger partial charge in [-0.15, -0.1) is 0 Å². The van der Waals surface area contributed by atoms with Crippen LogP contribution in [-0.4, -0.2) is 35.2 Å². The Morgan fingerprint density at radius 2 is 2.13 bits per heavy atom. The third-order valence-corrected chi connectivity index (χ3v) is 2.34. The van der Waals surface area contributed by atoms with E-state index in [-0.39, 0.29) is 13.0 Å². The quantitative estimate of drug-likeness (QED) is 0.726. The minimum absolute atomic E-state index is 0.126. The Morgan fingerprint density at radius 1 is 1.47 bits per heavy atom. The molecule has 1 unspecified atom stereocenters. The molecule has 0 radical (unpaired) electrons. The minimum Gasteiger partial charge on any atom is -0.478 e. The molecule has 1 fully saturated rings. The summed E-state index contributed by atoms with van der Waals surface area (Å²) in [6, 6.07) is 0. The number of hydrogen-bond acceptors (Lipinski definition) is 2. The van der Waals surface area contributed by atoms with Crippen molar-refractivity contribution in [1.82, 2.24) is 4.90 Å². The van der Waals surface area contributed by atoms with Gasteiger partial charge in [0, 0.05) is 25.4 Å². The monoisotopic (exact) mass is 223 g/mol. The summed E-state index contributed by atoms with van der Waals surface area (Å²) in [4.78, 5) is 11.6. The maximum atomic E-state index is 12.3. The number of aliphatic carboxylic acids is 1. The van der Waals surface area contributed by atoms with Crippen molar-refractivity contribution in [1.29, 1.82) is 0 Å². The number of carbonyl (C=O) groups is 1. The largest absolute Gasteiger partial charge is 0.478 e. The Bertz CT molecular complexity index is 263. The number of carboxylic acid groups (broad SMARTS) is 1. The molecule has 1 atom stereocenters. The molecule has 1 saturated heterocycles. The number of halogens is 3. The fourth-order valence-corrected chi connectivity index (χ4v) is 1.58. The predicted octanol–water partition coefficient (Wildman–Crippen LogP) is 1.86. The van der Waals surface area contributed by atoms with Gasteiger partial charge in [-0.1, -0.05) is 0 Å². The van der Waals surface area contributed by atoms with Gasteiger partial charge in [-0.05, 0) is 12.8 Å². The van der Waals surface area contributed by atoms with Crippen molar-refractivity contribution in [3.05, 3.63) is 12.3 Å². The molecule has 1 aliphatic rings. The summed E-state index contributed by atoms with van der Waals surface area (Å²) in [5.41, 5.74) is 0. The first-order valence-corrected chi connectivity index (χ1v) is 4.61. The molecular formula is C9H12F3NO2. The van der Waals surface area contributed by atoms with E-state index in [1.807, 2.05) is 0 Å². The molecule has 0 aliphatic carbocycles. The van der Waals surface area contributed by atoms with E-state index < -0.39 is 18.1 Å². The van der Waals surface area contributed by atoms with E-state index in [9.17, 15) is 18.0 Å². The Kier molecular flexibility index (Phi) is 3.60. The number of nitrogens with zero attached hydrogens (tertiary/aromatic N) is 1. The number of hydrogen-bond donors (Lipinski definition) is 1. The summed E-state index contributed by atoms with van der Waals surface area (Å²) < 4.78 is 37.0. The topological polar surface area (TPSA) is 40.5 Å². The zero-order valence-electron chi connectivity index (χ0n) is 8.00. The highest BCUT2D eigenvalue weighted by atomic mass is 19.4. The van der Waals surface area contributed by atoms with Crippen molar-refractivity contribution >= 4 is 5.97 Å². The summed E-state index contributed by atoms with van der Waals surface area (Å²) in [5.74, 6) is -2.49. The highest BCUT2D eigenvalue weighted by Gasteiger charge is 2.41. The molecule has 6 heteroatoms. The molecule has 0 spiro atoms. The average molecular weight is 223 g/mol. The zero-order chi connectivity index (χ0) is 11.5. The molecule has 1 aliphatic heterocycles. The smallest absolute Gasteiger partial charge is 0.393 e. The van der Waals surface area contributed by atoms with Gasteiger partial charge in [0.25, 0.3) is 0 Å². The highest BCUT2D eigenvalue weighted by Crippen LogP contribution is 2.33. The van der Waals surface area contributed by atoms with Gasteiger partial charge in [0.2, 0.25) is 0 Å². The second-order valence-electron chi connectivity index (χ2n) is 3.53. The van der Waals surface area contributed by atoms with Gasteiger partial charge in [0.1, 0.15) is 0 Å². The van der Waals surface area contributed by atoms with Gasteiger partial charge in [-0.2, -0.15) is 13.2 Å². The SMILES string of the molecule is O=C(O)/C=C/N1CCCC(C(F)(F)F)C1. The van der Waals surface area contributed by atoms with Gasteiger partial charge in [0.05, 0.1) is 5.92 Å². The lowest BCUT2D eigenvalue weighted by Gasteiger charge is -2.32. The number of piperidine rings is 1. The van der Waals surface area contributed by atoms with Gasteiger partial charge in [0.15, 0.2) is 0 Å². The molecule has 0 aromatic rings. The molecule has 15 heavy (non-hydrogen) atoms. The Labute approximate surface area is 85.2 Å². The van der Waals surface area contributed by atoms with E-state index >= 15 is 0 Å². The first kappa shape index (κ1) is 11.9. The number of alkyl halides is 3. The first-order chi connectivity index (χ1) is 6.89. The van der Waals surface area contributed by atoms with E-state index in [2.05, 4.69) is 0 Å². The van der Waals surface area contributed by atoms with Crippen molar-refractivity contribution < 1.29 is 23.1 Å². The predicted molar refractivity (Wildman–Crippen MR) is 47.1 cm³/mol. The highest BCUT2D eigenvalue weighted by molar-refractivity contribution is 5.79. The number of rotatable bonds is 2. The molecule has 0 bridgehead atoms. The van der Waals surface area contributed by atoms with E-state index in [1.165, 1.54) is 11.1 Å². The molecular weight excluding hydrogens is 211 g/mol. The molecule has 0 amide bonds. The lowest BCUT2D eigenvalue weighted by atomic mass is 9.98. The molecule has 0 saturated carbocycles. The molecule has 0 aromatic carbocycles. The first-order valence-electron chi connectivity index (χ1n) is 4.61. The Morgan fingerprint density at radius 3 is 2.67 bits per heavy atom. The van der Waals surface area contributed by atoms with Crippen molar-refractivity contribution in [2.24, 2.45) is 5.92 Å². The van der Waals surface area contributed by atoms with Crippen LogP contribution in [0.5, 0.6) is 0 Å². The summed E-state index contributed by atoms with van der Waals surface area (Å²) in [6.07, 6.45) is -1.55. The summed E-state index contributed by atoms with van der Waals surface area (Å²) >= 11 is 0. The van der Waals surface area contributed by atoms with E-state index in [0.29, 0.717) is 13.0 Å². The standard InChI is InChI=1S/C9H12F3NO2/c10-9(11,12)7-2-1-4-13(6-7)5-3-8(14)15/h3,5,7H,1-2,4,6H2,(H,14,15)/b5-3+. The molecule has 1 N–H and O–H groups in total. The van der Waals surface area contributed by atoms with Crippen LogP contribution in [0.1, 0.15) is 12.8 Å². The van der Waals surface area contributed by atoms with Crippen LogP contribution in [0.2, 0.25) is 0 Å². The third kappa shape index (κ3) is 3.81. The van der Waals surface area contributed by atoms with Crippen molar-refractivity contribution in [2.45, 2.75) is 19.0 Å². The van der Waals surface area contributed by atoms with Crippen LogP contribution in [-0.2, 0) is 4.79 Å². The van der Waals surface area contributed by atoms with Crippen molar-refractivity contribution in [3.63, 3.8) is 0 Å². The van der Waals surface area contributed by atoms with E-state index in [0.717, 1.165) is 6.08 Å². The van der Waals surface area contributed by atoms with Crippen LogP contribution >= 0.6 is 0 Å². The van der Waals surface area contributed by atoms with Crippen LogP contribution in [0, 0.1) is 5.92 Å². The van der Waals surface area contributed by atoms with Crippen LogP contribution in [0.15, 0.2) is 12.3 Å². The minimum atomic E-state index is -4.18. The molecule has 3 nitrogen and oxygen atoms in total. The van der Waals surface area contributed by atoms with E-state index in [1.54, 1.807) is 0 Å². The zero-order valence-corrected chi connectivity index (χ0v) is 8.00. The second kappa shape index (κ2) is 4.55. The second-order valence-corrected chi connectivity index (χ2v) is 3.53. The van der Waals surface area contributed by atoms with Gasteiger partial charge >= 0.3 is 12.1 Å². The summed E-state index contributed by atoms with van der Waals surface area (Å²) in [7, 11) is 0. The van der Waals surface area contributed by atoms with E-state index in [4.69, 9.17) is 5.11 Å². The maximum absolute atomic E-state index is 12.3. The van der Waals surface area contributed by atoms with Gasteiger partial charge < -0.3 is 10.0 Å². The average Bonchev–Trinajstić information content (AvgIpc) is 2.14. The lowest BCUT2D eigenvalue weighted by molar-refractivity contribution is -0.184. The number of likely N-dealkylation sites (tertiary alicyclic amines) is 1. The molecule has 1 heterocycles. The Hall–Kier alpha value is -1.20. The maximum Gasteiger partial charge on any atom is 0.393 e. The molecule has 86 valence electrons. The van der Waals surface area contributed by atoms with Gasteiger partial charge in [-0.3, -0.25) is 0 Å². The van der Waals surface area contributed by atoms with Gasteiger partial charge in [-0.25, -0.2) is 4.79 Å². The van der Waals surface area contributed by atoms with Crippen LogP contribution in [0.25, 0.3) is 0 Å². The third-order valence-electron chi connectivity index (χ3n) is 2.34. The normalized spacial score (nSPS) is 23.4. The molecule has 1 rings (SSSR count). The number of carboxylic acids is 1. The summed E-state index contributed by atoms with van der Waals surface area (Å²) in [6.45, 7) is 0.337. The summed E-state index contributed by atoms with van der Waals surface area (Å²) in [5, 5.41) is 8.33. The lowest BCUT2D eigenvalue weighted by Crippen LogP contribution is -2.39.